The summed E-state index contributed by atoms with van der Waals surface area (Å²) in [6.07, 6.45) is 1.78. The zero-order chi connectivity index (χ0) is 17.5. The molecule has 0 aliphatic carbocycles. The monoisotopic (exact) mass is 374 g/mol. The summed E-state index contributed by atoms with van der Waals surface area (Å²) in [5.41, 5.74) is 2.17. The summed E-state index contributed by atoms with van der Waals surface area (Å²) in [7, 11) is 0. The van der Waals surface area contributed by atoms with Crippen molar-refractivity contribution in [1.82, 2.24) is 4.98 Å². The van der Waals surface area contributed by atoms with Gasteiger partial charge in [0.2, 0.25) is 0 Å². The van der Waals surface area contributed by atoms with Gasteiger partial charge in [-0.1, -0.05) is 29.8 Å². The first kappa shape index (κ1) is 17.6. The van der Waals surface area contributed by atoms with Crippen LogP contribution in [0.4, 0.5) is 5.13 Å². The summed E-state index contributed by atoms with van der Waals surface area (Å²) >= 11 is 7.49. The van der Waals surface area contributed by atoms with Crippen molar-refractivity contribution in [3.8, 4) is 11.5 Å². The van der Waals surface area contributed by atoms with Crippen molar-refractivity contribution in [3.05, 3.63) is 70.2 Å². The molecule has 130 valence electrons. The summed E-state index contributed by atoms with van der Waals surface area (Å²) in [6.45, 7) is 3.70. The first-order valence-corrected chi connectivity index (χ1v) is 9.26. The van der Waals surface area contributed by atoms with Gasteiger partial charge in [0.05, 0.1) is 6.61 Å². The van der Waals surface area contributed by atoms with Crippen LogP contribution in [0.2, 0.25) is 5.02 Å². The number of aromatic nitrogens is 1. The minimum absolute atomic E-state index is 0.466. The van der Waals surface area contributed by atoms with E-state index in [4.69, 9.17) is 21.1 Å². The van der Waals surface area contributed by atoms with Crippen LogP contribution in [0.15, 0.2) is 54.0 Å². The van der Waals surface area contributed by atoms with E-state index >= 15 is 0 Å². The third kappa shape index (κ3) is 5.11. The lowest BCUT2D eigenvalue weighted by atomic mass is 10.2. The molecule has 3 rings (SSSR count). The highest BCUT2D eigenvalue weighted by molar-refractivity contribution is 7.13. The fourth-order valence-corrected chi connectivity index (χ4v) is 2.93. The van der Waals surface area contributed by atoms with E-state index < -0.39 is 0 Å². The molecule has 0 unspecified atom stereocenters. The second-order valence-electron chi connectivity index (χ2n) is 5.32. The van der Waals surface area contributed by atoms with Crippen LogP contribution in [0, 0.1) is 0 Å². The number of nitrogens with one attached hydrogen (secondary N) is 1. The Kier molecular flexibility index (Phi) is 6.14. The van der Waals surface area contributed by atoms with Gasteiger partial charge in [0.25, 0.3) is 0 Å². The Hall–Kier alpha value is -2.24. The first-order valence-electron chi connectivity index (χ1n) is 8.01. The number of ether oxygens (including phenoxy) is 2. The topological polar surface area (TPSA) is 43.4 Å². The fourth-order valence-electron chi connectivity index (χ4n) is 2.28. The van der Waals surface area contributed by atoms with Crippen molar-refractivity contribution in [2.24, 2.45) is 0 Å². The number of rotatable bonds is 8. The van der Waals surface area contributed by atoms with Crippen molar-refractivity contribution in [2.45, 2.75) is 20.1 Å². The van der Waals surface area contributed by atoms with E-state index in [1.54, 1.807) is 17.5 Å². The summed E-state index contributed by atoms with van der Waals surface area (Å²) < 4.78 is 11.7. The first-order chi connectivity index (χ1) is 12.2. The summed E-state index contributed by atoms with van der Waals surface area (Å²) in [5, 5.41) is 6.86. The fraction of sp³-hybridized carbons (Fsp3) is 0.211. The predicted molar refractivity (Wildman–Crippen MR) is 103 cm³/mol. The van der Waals surface area contributed by atoms with Gasteiger partial charge in [-0.15, -0.1) is 11.3 Å². The van der Waals surface area contributed by atoms with Crippen LogP contribution in [0.1, 0.15) is 18.1 Å². The van der Waals surface area contributed by atoms with Gasteiger partial charge in [-0.25, -0.2) is 4.98 Å². The second-order valence-corrected chi connectivity index (χ2v) is 6.65. The van der Waals surface area contributed by atoms with Gasteiger partial charge < -0.3 is 14.8 Å². The van der Waals surface area contributed by atoms with E-state index in [0.29, 0.717) is 19.8 Å². The Morgan fingerprint density at radius 1 is 1.04 bits per heavy atom. The minimum atomic E-state index is 0.466. The molecule has 0 radical (unpaired) electrons. The van der Waals surface area contributed by atoms with E-state index in [0.717, 1.165) is 32.8 Å². The van der Waals surface area contributed by atoms with Gasteiger partial charge in [0.1, 0.15) is 6.61 Å². The molecule has 1 heterocycles. The van der Waals surface area contributed by atoms with Crippen LogP contribution >= 0.6 is 22.9 Å². The van der Waals surface area contributed by atoms with Crippen LogP contribution in [0.3, 0.4) is 0 Å². The highest BCUT2D eigenvalue weighted by Crippen LogP contribution is 2.30. The van der Waals surface area contributed by atoms with Crippen molar-refractivity contribution < 1.29 is 9.47 Å². The van der Waals surface area contributed by atoms with Crippen LogP contribution in [-0.4, -0.2) is 11.6 Å². The lowest BCUT2D eigenvalue weighted by Crippen LogP contribution is -2.03. The van der Waals surface area contributed by atoms with Crippen molar-refractivity contribution >= 4 is 28.1 Å². The molecule has 0 spiro atoms. The van der Waals surface area contributed by atoms with Gasteiger partial charge >= 0.3 is 0 Å². The third-order valence-corrected chi connectivity index (χ3v) is 4.47. The smallest absolute Gasteiger partial charge is 0.182 e. The summed E-state index contributed by atoms with van der Waals surface area (Å²) in [6, 6.07) is 13.6. The molecule has 0 fully saturated rings. The number of thiazole rings is 1. The number of hydrogen-bond acceptors (Lipinski definition) is 5. The molecule has 4 nitrogen and oxygen atoms in total. The average Bonchev–Trinajstić information content (AvgIpc) is 3.14. The summed E-state index contributed by atoms with van der Waals surface area (Å²) in [5.74, 6) is 1.48. The molecular weight excluding hydrogens is 356 g/mol. The van der Waals surface area contributed by atoms with Crippen molar-refractivity contribution in [2.75, 3.05) is 11.9 Å². The number of benzene rings is 2. The van der Waals surface area contributed by atoms with E-state index in [2.05, 4.69) is 10.3 Å². The molecule has 1 aromatic heterocycles. The highest BCUT2D eigenvalue weighted by atomic mass is 35.5. The molecule has 0 saturated heterocycles. The SMILES string of the molecule is CCOc1cc(CNc2nccs2)ccc1OCc1ccc(Cl)cc1. The molecule has 6 heteroatoms. The molecule has 0 aliphatic rings. The average molecular weight is 375 g/mol. The third-order valence-electron chi connectivity index (χ3n) is 3.49. The second kappa shape index (κ2) is 8.74. The zero-order valence-corrected chi connectivity index (χ0v) is 15.4. The van der Waals surface area contributed by atoms with Crippen LogP contribution in [0.5, 0.6) is 11.5 Å². The van der Waals surface area contributed by atoms with E-state index in [9.17, 15) is 0 Å². The number of nitrogens with zero attached hydrogens (tertiary/aromatic N) is 1. The van der Waals surface area contributed by atoms with Crippen LogP contribution < -0.4 is 14.8 Å². The van der Waals surface area contributed by atoms with E-state index in [1.807, 2.05) is 54.8 Å². The van der Waals surface area contributed by atoms with Gasteiger partial charge in [-0.2, -0.15) is 0 Å². The Balaban J connectivity index is 1.66. The maximum atomic E-state index is 5.92. The Labute approximate surface area is 156 Å². The van der Waals surface area contributed by atoms with Gasteiger partial charge in [0, 0.05) is 23.1 Å². The number of hydrogen-bond donors (Lipinski definition) is 1. The number of anilines is 1. The van der Waals surface area contributed by atoms with Crippen LogP contribution in [-0.2, 0) is 13.2 Å². The molecule has 25 heavy (non-hydrogen) atoms. The van der Waals surface area contributed by atoms with Crippen molar-refractivity contribution in [3.63, 3.8) is 0 Å². The molecule has 0 saturated carbocycles. The van der Waals surface area contributed by atoms with Crippen LogP contribution in [0.25, 0.3) is 0 Å². The maximum Gasteiger partial charge on any atom is 0.182 e. The van der Waals surface area contributed by atoms with E-state index in [1.165, 1.54) is 0 Å². The van der Waals surface area contributed by atoms with Crippen molar-refractivity contribution in [1.29, 1.82) is 0 Å². The zero-order valence-electron chi connectivity index (χ0n) is 13.9. The Morgan fingerprint density at radius 2 is 1.84 bits per heavy atom. The Morgan fingerprint density at radius 3 is 2.56 bits per heavy atom. The molecular formula is C19H19ClN2O2S. The lowest BCUT2D eigenvalue weighted by Gasteiger charge is -2.14. The van der Waals surface area contributed by atoms with E-state index in [-0.39, 0.29) is 0 Å². The quantitative estimate of drug-likeness (QED) is 0.574. The molecule has 3 aromatic rings. The molecule has 0 bridgehead atoms. The van der Waals surface area contributed by atoms with Gasteiger partial charge in [-0.3, -0.25) is 0 Å². The minimum Gasteiger partial charge on any atom is -0.490 e. The molecule has 2 aromatic carbocycles. The molecule has 0 amide bonds. The normalized spacial score (nSPS) is 10.5. The lowest BCUT2D eigenvalue weighted by molar-refractivity contribution is 0.269. The van der Waals surface area contributed by atoms with Gasteiger partial charge in [0.15, 0.2) is 16.6 Å². The highest BCUT2D eigenvalue weighted by Gasteiger charge is 2.08. The van der Waals surface area contributed by atoms with Gasteiger partial charge in [-0.05, 0) is 42.3 Å². The molecule has 1 N–H and O–H groups in total. The molecule has 0 atom stereocenters. The Bertz CT molecular complexity index is 792. The summed E-state index contributed by atoms with van der Waals surface area (Å²) in [4.78, 5) is 4.22. The number of halogens is 1. The standard InChI is InChI=1S/C19H19ClN2O2S/c1-2-23-18-11-15(12-22-19-21-9-10-25-19)5-8-17(18)24-13-14-3-6-16(20)7-4-14/h3-11H,2,12-13H2,1H3,(H,21,22). The predicted octanol–water partition coefficient (Wildman–Crippen LogP) is 5.39. The molecule has 0 aliphatic heterocycles. The maximum absolute atomic E-state index is 5.92. The largest absolute Gasteiger partial charge is 0.490 e.